The minimum Gasteiger partial charge on any atom is -0.397 e. The third kappa shape index (κ3) is 3.74. The number of thiophene rings is 1. The summed E-state index contributed by atoms with van der Waals surface area (Å²) in [6.07, 6.45) is 0. The molecule has 0 saturated carbocycles. The molecule has 0 bridgehead atoms. The van der Waals surface area contributed by atoms with Gasteiger partial charge in [-0.2, -0.15) is 0 Å². The van der Waals surface area contributed by atoms with Gasteiger partial charge in [0.25, 0.3) is 5.91 Å². The van der Waals surface area contributed by atoms with Crippen LogP contribution in [0, 0.1) is 0 Å². The zero-order valence-corrected chi connectivity index (χ0v) is 14.1. The minimum absolute atomic E-state index is 0.0427. The summed E-state index contributed by atoms with van der Waals surface area (Å²) in [5, 5.41) is 6.15. The molecule has 0 aliphatic heterocycles. The first-order chi connectivity index (χ1) is 9.88. The SMILES string of the molecule is CC(C)NC(=O)CNC(=O)c1sc2cc(Br)ccc2c1N. The van der Waals surface area contributed by atoms with E-state index in [1.165, 1.54) is 11.3 Å². The highest BCUT2D eigenvalue weighted by Gasteiger charge is 2.17. The predicted octanol–water partition coefficient (Wildman–Crippen LogP) is 2.50. The standard InChI is InChI=1S/C14H16BrN3O2S/c1-7(2)18-11(19)6-17-14(20)13-12(16)9-4-3-8(15)5-10(9)21-13/h3-5,7H,6,16H2,1-2H3,(H,17,20)(H,18,19). The first-order valence-corrected chi connectivity index (χ1v) is 8.04. The topological polar surface area (TPSA) is 84.2 Å². The van der Waals surface area contributed by atoms with Gasteiger partial charge in [-0.15, -0.1) is 11.3 Å². The van der Waals surface area contributed by atoms with Crippen molar-refractivity contribution in [3.8, 4) is 0 Å². The van der Waals surface area contributed by atoms with E-state index in [1.807, 2.05) is 32.0 Å². The molecule has 0 radical (unpaired) electrons. The van der Waals surface area contributed by atoms with Crippen molar-refractivity contribution in [3.05, 3.63) is 27.5 Å². The molecule has 2 amide bonds. The normalized spacial score (nSPS) is 10.9. The van der Waals surface area contributed by atoms with E-state index in [0.717, 1.165) is 14.6 Å². The van der Waals surface area contributed by atoms with Crippen LogP contribution in [0.3, 0.4) is 0 Å². The molecule has 0 fully saturated rings. The number of anilines is 1. The number of rotatable bonds is 4. The van der Waals surface area contributed by atoms with Gasteiger partial charge in [-0.3, -0.25) is 9.59 Å². The number of amides is 2. The smallest absolute Gasteiger partial charge is 0.263 e. The van der Waals surface area contributed by atoms with Gasteiger partial charge in [0.15, 0.2) is 0 Å². The Morgan fingerprint density at radius 3 is 2.76 bits per heavy atom. The molecular formula is C14H16BrN3O2S. The van der Waals surface area contributed by atoms with Gasteiger partial charge >= 0.3 is 0 Å². The first kappa shape index (κ1) is 15.8. The maximum atomic E-state index is 12.1. The number of carbonyl (C=O) groups excluding carboxylic acids is 2. The Balaban J connectivity index is 2.13. The van der Waals surface area contributed by atoms with E-state index in [4.69, 9.17) is 5.73 Å². The molecule has 1 heterocycles. The van der Waals surface area contributed by atoms with E-state index < -0.39 is 0 Å². The second-order valence-corrected chi connectivity index (χ2v) is 6.86. The molecule has 112 valence electrons. The zero-order chi connectivity index (χ0) is 15.6. The Morgan fingerprint density at radius 2 is 2.10 bits per heavy atom. The fraction of sp³-hybridized carbons (Fsp3) is 0.286. The van der Waals surface area contributed by atoms with E-state index >= 15 is 0 Å². The summed E-state index contributed by atoms with van der Waals surface area (Å²) in [7, 11) is 0. The monoisotopic (exact) mass is 369 g/mol. The van der Waals surface area contributed by atoms with Crippen LogP contribution in [0.4, 0.5) is 5.69 Å². The number of hydrogen-bond acceptors (Lipinski definition) is 4. The van der Waals surface area contributed by atoms with Crippen molar-refractivity contribution in [2.75, 3.05) is 12.3 Å². The molecule has 0 aliphatic carbocycles. The Morgan fingerprint density at radius 1 is 1.38 bits per heavy atom. The van der Waals surface area contributed by atoms with E-state index in [1.54, 1.807) is 0 Å². The second-order valence-electron chi connectivity index (χ2n) is 4.89. The van der Waals surface area contributed by atoms with Crippen LogP contribution in [0.25, 0.3) is 10.1 Å². The van der Waals surface area contributed by atoms with Gasteiger partial charge in [0.05, 0.1) is 12.2 Å². The van der Waals surface area contributed by atoms with Crippen molar-refractivity contribution < 1.29 is 9.59 Å². The molecule has 1 aromatic heterocycles. The Hall–Kier alpha value is -1.60. The number of fused-ring (bicyclic) bond motifs is 1. The second kappa shape index (κ2) is 6.44. The van der Waals surface area contributed by atoms with Gasteiger partial charge < -0.3 is 16.4 Å². The van der Waals surface area contributed by atoms with Gasteiger partial charge in [-0.05, 0) is 26.0 Å². The average molecular weight is 370 g/mol. The van der Waals surface area contributed by atoms with Crippen LogP contribution in [0.15, 0.2) is 22.7 Å². The summed E-state index contributed by atoms with van der Waals surface area (Å²) in [6, 6.07) is 5.70. The highest BCUT2D eigenvalue weighted by molar-refractivity contribution is 9.10. The molecule has 5 nitrogen and oxygen atoms in total. The zero-order valence-electron chi connectivity index (χ0n) is 11.7. The van der Waals surface area contributed by atoms with Crippen LogP contribution in [0.5, 0.6) is 0 Å². The lowest BCUT2D eigenvalue weighted by Gasteiger charge is -2.08. The average Bonchev–Trinajstić information content (AvgIpc) is 2.72. The fourth-order valence-corrected chi connectivity index (χ4v) is 3.46. The summed E-state index contributed by atoms with van der Waals surface area (Å²) >= 11 is 4.70. The van der Waals surface area contributed by atoms with Gasteiger partial charge in [0.1, 0.15) is 4.88 Å². The first-order valence-electron chi connectivity index (χ1n) is 6.43. The van der Waals surface area contributed by atoms with Crippen molar-refractivity contribution in [1.82, 2.24) is 10.6 Å². The number of carbonyl (C=O) groups is 2. The van der Waals surface area contributed by atoms with Crippen LogP contribution in [0.1, 0.15) is 23.5 Å². The summed E-state index contributed by atoms with van der Waals surface area (Å²) in [5.41, 5.74) is 6.46. The van der Waals surface area contributed by atoms with Gasteiger partial charge in [-0.1, -0.05) is 22.0 Å². The number of benzene rings is 1. The van der Waals surface area contributed by atoms with Crippen LogP contribution in [-0.2, 0) is 4.79 Å². The summed E-state index contributed by atoms with van der Waals surface area (Å²) in [6.45, 7) is 3.66. The van der Waals surface area contributed by atoms with Crippen molar-refractivity contribution >= 4 is 54.9 Å². The molecule has 2 rings (SSSR count). The number of nitrogens with two attached hydrogens (primary N) is 1. The molecule has 2 aromatic rings. The number of nitrogens with one attached hydrogen (secondary N) is 2. The van der Waals surface area contributed by atoms with Gasteiger partial charge in [0.2, 0.25) is 5.91 Å². The third-order valence-electron chi connectivity index (χ3n) is 2.76. The highest BCUT2D eigenvalue weighted by atomic mass is 79.9. The number of halogens is 1. The van der Waals surface area contributed by atoms with Crippen LogP contribution in [-0.4, -0.2) is 24.4 Å². The lowest BCUT2D eigenvalue weighted by molar-refractivity contribution is -0.120. The van der Waals surface area contributed by atoms with Crippen molar-refractivity contribution in [2.24, 2.45) is 0 Å². The summed E-state index contributed by atoms with van der Waals surface area (Å²) in [5.74, 6) is -0.551. The van der Waals surface area contributed by atoms with Crippen LogP contribution in [0.2, 0.25) is 0 Å². The van der Waals surface area contributed by atoms with Crippen LogP contribution >= 0.6 is 27.3 Å². The van der Waals surface area contributed by atoms with E-state index in [9.17, 15) is 9.59 Å². The van der Waals surface area contributed by atoms with Gasteiger partial charge in [-0.25, -0.2) is 0 Å². The summed E-state index contributed by atoms with van der Waals surface area (Å²) < 4.78 is 1.86. The van der Waals surface area contributed by atoms with Crippen LogP contribution < -0.4 is 16.4 Å². The fourth-order valence-electron chi connectivity index (χ4n) is 1.87. The molecule has 4 N–H and O–H groups in total. The Kier molecular flexibility index (Phi) is 4.84. The highest BCUT2D eigenvalue weighted by Crippen LogP contribution is 2.35. The van der Waals surface area contributed by atoms with Crippen molar-refractivity contribution in [1.29, 1.82) is 0 Å². The largest absolute Gasteiger partial charge is 0.397 e. The predicted molar refractivity (Wildman–Crippen MR) is 89.5 cm³/mol. The molecule has 0 spiro atoms. The molecular weight excluding hydrogens is 354 g/mol. The minimum atomic E-state index is -0.330. The Bertz CT molecular complexity index is 697. The molecule has 1 aromatic carbocycles. The molecule has 21 heavy (non-hydrogen) atoms. The molecule has 7 heteroatoms. The Labute approximate surface area is 135 Å². The molecule has 0 atom stereocenters. The third-order valence-corrected chi connectivity index (χ3v) is 4.42. The van der Waals surface area contributed by atoms with E-state index in [-0.39, 0.29) is 24.4 Å². The molecule has 0 aliphatic rings. The maximum Gasteiger partial charge on any atom is 0.263 e. The van der Waals surface area contributed by atoms with Gasteiger partial charge in [0, 0.05) is 20.6 Å². The van der Waals surface area contributed by atoms with Crippen molar-refractivity contribution in [2.45, 2.75) is 19.9 Å². The lowest BCUT2D eigenvalue weighted by Crippen LogP contribution is -2.39. The summed E-state index contributed by atoms with van der Waals surface area (Å²) in [4.78, 5) is 24.1. The number of nitrogen functional groups attached to an aromatic ring is 1. The lowest BCUT2D eigenvalue weighted by atomic mass is 10.2. The van der Waals surface area contributed by atoms with Crippen molar-refractivity contribution in [3.63, 3.8) is 0 Å². The van der Waals surface area contributed by atoms with E-state index in [0.29, 0.717) is 10.6 Å². The number of hydrogen-bond donors (Lipinski definition) is 3. The van der Waals surface area contributed by atoms with E-state index in [2.05, 4.69) is 26.6 Å². The molecule has 0 unspecified atom stereocenters. The molecule has 0 saturated heterocycles. The maximum absolute atomic E-state index is 12.1. The quantitative estimate of drug-likeness (QED) is 0.773.